The molecule has 3 saturated heterocycles. The summed E-state index contributed by atoms with van der Waals surface area (Å²) in [7, 11) is 0. The van der Waals surface area contributed by atoms with Crippen LogP contribution in [0.5, 0.6) is 34.5 Å². The number of hydrogen-bond acceptors (Lipinski definition) is 22. The van der Waals surface area contributed by atoms with E-state index >= 15 is 0 Å². The first-order valence-corrected chi connectivity index (χ1v) is 19.7. The molecule has 1 aromatic heterocycles. The topological polar surface area (TPSA) is 355 Å². The van der Waals surface area contributed by atoms with Gasteiger partial charge in [-0.3, -0.25) is 4.79 Å². The number of hydrogen-bond donors (Lipinski definition) is 12. The van der Waals surface area contributed by atoms with E-state index in [0.717, 1.165) is 30.3 Å². The second-order valence-corrected chi connectivity index (χ2v) is 15.4. The first-order chi connectivity index (χ1) is 30.3. The Kier molecular flexibility index (Phi) is 13.7. The molecule has 0 amide bonds. The van der Waals surface area contributed by atoms with Gasteiger partial charge in [-0.05, 0) is 55.8 Å². The van der Waals surface area contributed by atoms with Gasteiger partial charge in [-0.15, -0.1) is 0 Å². The molecule has 0 radical (unpaired) electrons. The Morgan fingerprint density at radius 1 is 0.656 bits per heavy atom. The first kappa shape index (κ1) is 46.4. The zero-order chi connectivity index (χ0) is 46.3. The number of phenols is 4. The Hall–Kier alpha value is -5.60. The number of aliphatic hydroxyl groups excluding tert-OH is 8. The van der Waals surface area contributed by atoms with Crippen molar-refractivity contribution in [2.24, 2.45) is 0 Å². The number of carbonyl (C=O) groups excluding carboxylic acids is 1. The van der Waals surface area contributed by atoms with Gasteiger partial charge >= 0.3 is 5.97 Å². The summed E-state index contributed by atoms with van der Waals surface area (Å²) in [6.45, 7) is 2.05. The van der Waals surface area contributed by atoms with Crippen LogP contribution in [-0.4, -0.2) is 166 Å². The maximum Gasteiger partial charge on any atom is 0.330 e. The van der Waals surface area contributed by atoms with Crippen LogP contribution in [0.2, 0.25) is 0 Å². The van der Waals surface area contributed by atoms with Crippen molar-refractivity contribution in [2.45, 2.75) is 106 Å². The van der Waals surface area contributed by atoms with E-state index in [1.54, 1.807) is 0 Å². The fraction of sp³-hybridized carbons (Fsp3) is 0.429. The Morgan fingerprint density at radius 3 is 1.98 bits per heavy atom. The number of carbonyl (C=O) groups is 1. The molecule has 22 nitrogen and oxygen atoms in total. The standard InChI is InChI=1S/C42H46O22/c1-15-28(48)32(52)35(55)40(58-15)60-20-12-23(46)27-24(13-20)61-37(18-6-9-21(44)22(45)11-18)38(31(27)51)63-42-39(34(54)29(49)16(2)59-42)64-41-36(56)33(53)30(50)25(62-41)14-57-26(47)10-5-17-3-7-19(43)8-4-17/h3-13,15-16,25,28-30,32-36,39-46,48-50,52-56H,14H2,1-2H3/t15-,16-,25+,28-,29-,30+,32+,33-,34+,35+,36+,39+,40-,41-,42-/m0/s1. The van der Waals surface area contributed by atoms with Gasteiger partial charge in [0.1, 0.15) is 89.8 Å². The van der Waals surface area contributed by atoms with Crippen molar-refractivity contribution in [1.29, 1.82) is 0 Å². The minimum Gasteiger partial charge on any atom is -0.508 e. The van der Waals surface area contributed by atoms with Crippen LogP contribution in [0.15, 0.2) is 69.9 Å². The Balaban J connectivity index is 1.19. The summed E-state index contributed by atoms with van der Waals surface area (Å²) in [5, 5.41) is 126. The first-order valence-electron chi connectivity index (χ1n) is 19.7. The van der Waals surface area contributed by atoms with E-state index in [9.17, 15) is 70.9 Å². The maximum absolute atomic E-state index is 14.4. The molecule has 4 heterocycles. The van der Waals surface area contributed by atoms with E-state index in [-0.39, 0.29) is 22.6 Å². The van der Waals surface area contributed by atoms with E-state index in [4.69, 9.17) is 37.6 Å². The lowest BCUT2D eigenvalue weighted by atomic mass is 9.97. The molecular formula is C42H46O22. The number of ether oxygens (including phenoxy) is 7. The number of fused-ring (bicyclic) bond motifs is 1. The van der Waals surface area contributed by atoms with E-state index in [1.807, 2.05) is 0 Å². The Bertz CT molecular complexity index is 2390. The van der Waals surface area contributed by atoms with Gasteiger partial charge in [0.2, 0.25) is 23.8 Å². The predicted molar refractivity (Wildman–Crippen MR) is 213 cm³/mol. The van der Waals surface area contributed by atoms with Gasteiger partial charge in [0.05, 0.1) is 12.2 Å². The van der Waals surface area contributed by atoms with E-state index in [2.05, 4.69) is 0 Å². The van der Waals surface area contributed by atoms with E-state index in [1.165, 1.54) is 50.3 Å². The third kappa shape index (κ3) is 9.44. The minimum absolute atomic E-state index is 0.00583. The minimum atomic E-state index is -2.05. The van der Waals surface area contributed by atoms with Gasteiger partial charge in [0, 0.05) is 23.8 Å². The van der Waals surface area contributed by atoms with Crippen LogP contribution in [0.25, 0.3) is 28.4 Å². The average molecular weight is 903 g/mol. The summed E-state index contributed by atoms with van der Waals surface area (Å²) in [6, 6.07) is 11.1. The van der Waals surface area contributed by atoms with Gasteiger partial charge in [-0.2, -0.15) is 0 Å². The molecule has 346 valence electrons. The van der Waals surface area contributed by atoms with Gasteiger partial charge in [0.15, 0.2) is 29.7 Å². The largest absolute Gasteiger partial charge is 0.508 e. The highest BCUT2D eigenvalue weighted by Gasteiger charge is 2.51. The van der Waals surface area contributed by atoms with Crippen molar-refractivity contribution < 1.29 is 104 Å². The molecule has 3 aliphatic rings. The summed E-state index contributed by atoms with van der Waals surface area (Å²) in [6.07, 6.45) is -23.2. The smallest absolute Gasteiger partial charge is 0.330 e. The number of rotatable bonds is 11. The zero-order valence-electron chi connectivity index (χ0n) is 33.7. The number of aromatic hydroxyl groups is 4. The highest BCUT2D eigenvalue weighted by atomic mass is 16.8. The molecule has 3 aliphatic heterocycles. The summed E-state index contributed by atoms with van der Waals surface area (Å²) in [4.78, 5) is 26.9. The molecule has 12 N–H and O–H groups in total. The van der Waals surface area contributed by atoms with Gasteiger partial charge in [0.25, 0.3) is 0 Å². The van der Waals surface area contributed by atoms with E-state index < -0.39 is 144 Å². The van der Waals surface area contributed by atoms with Crippen molar-refractivity contribution in [3.8, 4) is 45.8 Å². The fourth-order valence-corrected chi connectivity index (χ4v) is 7.17. The molecule has 15 atom stereocenters. The molecule has 0 spiro atoms. The van der Waals surface area contributed by atoms with Crippen LogP contribution in [0.3, 0.4) is 0 Å². The lowest BCUT2D eigenvalue weighted by molar-refractivity contribution is -0.355. The van der Waals surface area contributed by atoms with E-state index in [0.29, 0.717) is 5.56 Å². The molecule has 0 bridgehead atoms. The Morgan fingerprint density at radius 2 is 1.30 bits per heavy atom. The van der Waals surface area contributed by atoms with Crippen molar-refractivity contribution in [3.63, 3.8) is 0 Å². The van der Waals surface area contributed by atoms with Crippen molar-refractivity contribution in [1.82, 2.24) is 0 Å². The molecule has 0 saturated carbocycles. The van der Waals surface area contributed by atoms with Gasteiger partial charge in [-0.1, -0.05) is 12.1 Å². The molecule has 3 aromatic carbocycles. The molecule has 4 aromatic rings. The highest BCUT2D eigenvalue weighted by Crippen LogP contribution is 2.41. The lowest BCUT2D eigenvalue weighted by Crippen LogP contribution is -2.64. The van der Waals surface area contributed by atoms with Crippen LogP contribution in [0, 0.1) is 0 Å². The fourth-order valence-electron chi connectivity index (χ4n) is 7.17. The van der Waals surface area contributed by atoms with Crippen molar-refractivity contribution >= 4 is 23.0 Å². The zero-order valence-corrected chi connectivity index (χ0v) is 33.7. The third-order valence-electron chi connectivity index (χ3n) is 10.9. The van der Waals surface area contributed by atoms with Crippen LogP contribution in [-0.2, 0) is 28.5 Å². The monoisotopic (exact) mass is 902 g/mol. The molecule has 22 heteroatoms. The van der Waals surface area contributed by atoms with Gasteiger partial charge in [-0.25, -0.2) is 4.79 Å². The normalized spacial score (nSPS) is 33.2. The summed E-state index contributed by atoms with van der Waals surface area (Å²) < 4.78 is 45.8. The van der Waals surface area contributed by atoms with Crippen LogP contribution in [0.4, 0.5) is 0 Å². The predicted octanol–water partition coefficient (Wildman–Crippen LogP) is -1.22. The van der Waals surface area contributed by atoms with Crippen LogP contribution < -0.4 is 14.9 Å². The summed E-state index contributed by atoms with van der Waals surface area (Å²) >= 11 is 0. The average Bonchev–Trinajstić information content (AvgIpc) is 3.26. The SMILES string of the molecule is C[C@@H]1O[C@@H](Oc2cc(O)c3c(=O)c(O[C@@H]4O[C@@H](C)[C@H](O)[C@@H](O)[C@H]4O[C@@H]4O[C@H](COC(=O)C=Cc5ccc(O)cc5)[C@@H](O)[C@H](O)[C@H]4O)c(-c4ccc(O)c(O)c4)oc3c2)[C@H](O)[C@H](O)[C@H]1O. The number of aliphatic hydroxyl groups is 8. The Labute approximate surface area is 361 Å². The number of phenolic OH excluding ortho intramolecular Hbond substituents is 4. The van der Waals surface area contributed by atoms with Crippen LogP contribution >= 0.6 is 0 Å². The molecule has 0 aliphatic carbocycles. The third-order valence-corrected chi connectivity index (χ3v) is 10.9. The molecular weight excluding hydrogens is 856 g/mol. The summed E-state index contributed by atoms with van der Waals surface area (Å²) in [5.41, 5.74) is -1.08. The number of esters is 1. The van der Waals surface area contributed by atoms with Crippen LogP contribution in [0.1, 0.15) is 19.4 Å². The highest BCUT2D eigenvalue weighted by molar-refractivity contribution is 5.89. The second-order valence-electron chi connectivity index (χ2n) is 15.4. The molecule has 64 heavy (non-hydrogen) atoms. The lowest BCUT2D eigenvalue weighted by Gasteiger charge is -2.45. The number of benzene rings is 3. The second kappa shape index (κ2) is 18.9. The van der Waals surface area contributed by atoms with Gasteiger partial charge < -0.3 is 98.9 Å². The summed E-state index contributed by atoms with van der Waals surface area (Å²) in [5.74, 6) is -4.43. The molecule has 3 fully saturated rings. The maximum atomic E-state index is 14.4. The molecule has 0 unspecified atom stereocenters. The van der Waals surface area contributed by atoms with Crippen molar-refractivity contribution in [2.75, 3.05) is 6.61 Å². The quantitative estimate of drug-likeness (QED) is 0.0477. The molecule has 7 rings (SSSR count). The van der Waals surface area contributed by atoms with Crippen molar-refractivity contribution in [3.05, 3.63) is 76.5 Å².